The second-order valence-electron chi connectivity index (χ2n) is 6.68. The molecule has 2 heterocycles. The van der Waals surface area contributed by atoms with Gasteiger partial charge in [-0.2, -0.15) is 5.10 Å². The molecule has 0 aliphatic heterocycles. The molecule has 0 aliphatic carbocycles. The van der Waals surface area contributed by atoms with Crippen molar-refractivity contribution in [1.29, 1.82) is 0 Å². The molecule has 152 valence electrons. The Kier molecular flexibility index (Phi) is 5.96. The molecule has 0 saturated heterocycles. The average molecular weight is 487 g/mol. The van der Waals surface area contributed by atoms with Gasteiger partial charge in [0, 0.05) is 21.6 Å². The van der Waals surface area contributed by atoms with Gasteiger partial charge in [0.15, 0.2) is 5.65 Å². The Balaban J connectivity index is 1.45. The molecule has 0 saturated carbocycles. The summed E-state index contributed by atoms with van der Waals surface area (Å²) in [6.07, 6.45) is 3.01. The summed E-state index contributed by atoms with van der Waals surface area (Å²) in [6.45, 7) is 1.13. The summed E-state index contributed by atoms with van der Waals surface area (Å²) in [4.78, 5) is 29.4. The topological polar surface area (TPSA) is 81.8 Å². The van der Waals surface area contributed by atoms with E-state index in [0.717, 1.165) is 10.0 Å². The first-order valence-electron chi connectivity index (χ1n) is 9.20. The largest absolute Gasteiger partial charge is 0.350 e. The highest BCUT2D eigenvalue weighted by molar-refractivity contribution is 9.10. The van der Waals surface area contributed by atoms with E-state index in [1.807, 2.05) is 30.3 Å². The minimum Gasteiger partial charge on any atom is -0.350 e. The van der Waals surface area contributed by atoms with E-state index in [4.69, 9.17) is 11.6 Å². The van der Waals surface area contributed by atoms with Crippen LogP contribution in [-0.4, -0.2) is 31.8 Å². The summed E-state index contributed by atoms with van der Waals surface area (Å²) in [5.74, 6) is -0.171. The summed E-state index contributed by atoms with van der Waals surface area (Å²) in [6, 6.07) is 14.5. The van der Waals surface area contributed by atoms with Crippen molar-refractivity contribution in [3.63, 3.8) is 0 Å². The monoisotopic (exact) mass is 485 g/mol. The van der Waals surface area contributed by atoms with Crippen LogP contribution in [0.25, 0.3) is 11.0 Å². The van der Waals surface area contributed by atoms with E-state index in [0.29, 0.717) is 41.3 Å². The molecule has 4 aromatic rings. The Morgan fingerprint density at radius 3 is 2.73 bits per heavy atom. The average Bonchev–Trinajstić information content (AvgIpc) is 3.14. The Bertz CT molecular complexity index is 1270. The van der Waals surface area contributed by atoms with Crippen molar-refractivity contribution in [2.24, 2.45) is 0 Å². The highest BCUT2D eigenvalue weighted by Gasteiger charge is 2.11. The van der Waals surface area contributed by atoms with Crippen LogP contribution in [0.2, 0.25) is 5.02 Å². The van der Waals surface area contributed by atoms with Crippen molar-refractivity contribution in [2.75, 3.05) is 6.54 Å². The Morgan fingerprint density at radius 2 is 1.97 bits per heavy atom. The van der Waals surface area contributed by atoms with E-state index in [1.165, 1.54) is 17.1 Å². The predicted molar refractivity (Wildman–Crippen MR) is 119 cm³/mol. The van der Waals surface area contributed by atoms with E-state index < -0.39 is 0 Å². The maximum Gasteiger partial charge on any atom is 0.264 e. The molecule has 9 heteroatoms. The summed E-state index contributed by atoms with van der Waals surface area (Å²) in [5, 5.41) is 8.16. The minimum absolute atomic E-state index is 0.171. The van der Waals surface area contributed by atoms with E-state index in [1.54, 1.807) is 22.9 Å². The van der Waals surface area contributed by atoms with Gasteiger partial charge in [0.05, 0.1) is 19.3 Å². The molecule has 0 spiro atoms. The fourth-order valence-electron chi connectivity index (χ4n) is 3.08. The lowest BCUT2D eigenvalue weighted by Crippen LogP contribution is -2.27. The third-order valence-corrected chi connectivity index (χ3v) is 5.34. The molecule has 2 aromatic heterocycles. The Hall–Kier alpha value is -2.97. The number of nitrogens with zero attached hydrogens (tertiary/aromatic N) is 4. The van der Waals surface area contributed by atoms with Crippen LogP contribution < -0.4 is 10.9 Å². The molecule has 7 nitrogen and oxygen atoms in total. The number of hydrogen-bond acceptors (Lipinski definition) is 4. The van der Waals surface area contributed by atoms with Gasteiger partial charge in [-0.15, -0.1) is 0 Å². The van der Waals surface area contributed by atoms with Crippen LogP contribution in [0.3, 0.4) is 0 Å². The zero-order chi connectivity index (χ0) is 21.1. The van der Waals surface area contributed by atoms with E-state index >= 15 is 0 Å². The van der Waals surface area contributed by atoms with Crippen molar-refractivity contribution in [2.45, 2.75) is 13.1 Å². The van der Waals surface area contributed by atoms with Gasteiger partial charge < -0.3 is 5.32 Å². The quantitative estimate of drug-likeness (QED) is 0.452. The van der Waals surface area contributed by atoms with E-state index in [2.05, 4.69) is 31.3 Å². The lowest BCUT2D eigenvalue weighted by molar-refractivity contribution is 0.0952. The van der Waals surface area contributed by atoms with Crippen LogP contribution in [0.15, 0.2) is 70.3 Å². The summed E-state index contributed by atoms with van der Waals surface area (Å²) >= 11 is 9.36. The van der Waals surface area contributed by atoms with Crippen LogP contribution in [0.5, 0.6) is 0 Å². The normalized spacial score (nSPS) is 11.0. The lowest BCUT2D eigenvalue weighted by atomic mass is 10.2. The Labute approximate surface area is 185 Å². The molecule has 0 atom stereocenters. The molecule has 0 aliphatic rings. The highest BCUT2D eigenvalue weighted by Crippen LogP contribution is 2.12. The Morgan fingerprint density at radius 1 is 1.17 bits per heavy atom. The number of halogens is 2. The van der Waals surface area contributed by atoms with Gasteiger partial charge in [0.1, 0.15) is 11.7 Å². The minimum atomic E-state index is -0.176. The molecule has 0 unspecified atom stereocenters. The maximum atomic E-state index is 12.8. The molecule has 0 radical (unpaired) electrons. The van der Waals surface area contributed by atoms with Gasteiger partial charge in [-0.3, -0.25) is 14.2 Å². The van der Waals surface area contributed by atoms with Crippen LogP contribution in [-0.2, 0) is 13.1 Å². The number of carbonyl (C=O) groups excluding carboxylic acids is 1. The van der Waals surface area contributed by atoms with Crippen molar-refractivity contribution >= 4 is 44.5 Å². The van der Waals surface area contributed by atoms with Gasteiger partial charge >= 0.3 is 0 Å². The fraction of sp³-hybridized carbons (Fsp3) is 0.143. The van der Waals surface area contributed by atoms with Crippen LogP contribution in [0.4, 0.5) is 0 Å². The van der Waals surface area contributed by atoms with Gasteiger partial charge in [0.25, 0.3) is 11.5 Å². The number of rotatable bonds is 6. The maximum absolute atomic E-state index is 12.8. The molecule has 2 aromatic carbocycles. The molecule has 1 N–H and O–H groups in total. The summed E-state index contributed by atoms with van der Waals surface area (Å²) in [7, 11) is 0. The standard InChI is InChI=1S/C21H17BrClN5O2/c22-16-6-4-15(5-7-16)20(29)24-8-9-28-19-18(11-26-28)21(30)27(13-25-19)12-14-2-1-3-17(23)10-14/h1-7,10-11,13H,8-9,12H2,(H,24,29). The predicted octanol–water partition coefficient (Wildman–Crippen LogP) is 3.49. The highest BCUT2D eigenvalue weighted by atomic mass is 79.9. The van der Waals surface area contributed by atoms with Crippen molar-refractivity contribution in [1.82, 2.24) is 24.6 Å². The van der Waals surface area contributed by atoms with Crippen molar-refractivity contribution in [3.8, 4) is 0 Å². The molecule has 4 rings (SSSR count). The third-order valence-electron chi connectivity index (χ3n) is 4.58. The SMILES string of the molecule is O=C(NCCn1ncc2c(=O)n(Cc3cccc(Cl)c3)cnc21)c1ccc(Br)cc1. The molecular weight excluding hydrogens is 470 g/mol. The zero-order valence-corrected chi connectivity index (χ0v) is 18.1. The van der Waals surface area contributed by atoms with Gasteiger partial charge in [-0.1, -0.05) is 39.7 Å². The second-order valence-corrected chi connectivity index (χ2v) is 8.03. The number of hydrogen-bond donors (Lipinski definition) is 1. The molecular formula is C21H17BrClN5O2. The van der Waals surface area contributed by atoms with Gasteiger partial charge in [-0.25, -0.2) is 9.67 Å². The van der Waals surface area contributed by atoms with Crippen LogP contribution in [0, 0.1) is 0 Å². The number of amides is 1. The smallest absolute Gasteiger partial charge is 0.264 e. The number of fused-ring (bicyclic) bond motifs is 1. The number of carbonyl (C=O) groups is 1. The summed E-state index contributed by atoms with van der Waals surface area (Å²) < 4.78 is 4.05. The zero-order valence-electron chi connectivity index (χ0n) is 15.8. The first kappa shape index (κ1) is 20.3. The fourth-order valence-corrected chi connectivity index (χ4v) is 3.56. The van der Waals surface area contributed by atoms with Gasteiger partial charge in [-0.05, 0) is 42.0 Å². The van der Waals surface area contributed by atoms with Crippen LogP contribution >= 0.6 is 27.5 Å². The van der Waals surface area contributed by atoms with Crippen LogP contribution in [0.1, 0.15) is 15.9 Å². The van der Waals surface area contributed by atoms with Crippen molar-refractivity contribution in [3.05, 3.63) is 92.0 Å². The molecule has 30 heavy (non-hydrogen) atoms. The number of benzene rings is 2. The van der Waals surface area contributed by atoms with E-state index in [-0.39, 0.29) is 11.5 Å². The summed E-state index contributed by atoms with van der Waals surface area (Å²) in [5.41, 5.74) is 1.80. The molecule has 0 bridgehead atoms. The van der Waals surface area contributed by atoms with Gasteiger partial charge in [0.2, 0.25) is 0 Å². The lowest BCUT2D eigenvalue weighted by Gasteiger charge is -2.08. The number of nitrogens with one attached hydrogen (secondary N) is 1. The number of aromatic nitrogens is 4. The molecule has 1 amide bonds. The second kappa shape index (κ2) is 8.81. The molecule has 0 fully saturated rings. The first-order chi connectivity index (χ1) is 14.5. The van der Waals surface area contributed by atoms with E-state index in [9.17, 15) is 9.59 Å². The first-order valence-corrected chi connectivity index (χ1v) is 10.4. The third kappa shape index (κ3) is 4.44. The van der Waals surface area contributed by atoms with Crippen molar-refractivity contribution < 1.29 is 4.79 Å².